The van der Waals surface area contributed by atoms with E-state index in [1.165, 1.54) is 17.7 Å². The Morgan fingerprint density at radius 3 is 2.10 bits per heavy atom. The van der Waals surface area contributed by atoms with Gasteiger partial charge in [-0.3, -0.25) is 0 Å². The number of hydrogen-bond acceptors (Lipinski definition) is 0. The van der Waals surface area contributed by atoms with E-state index in [0.29, 0.717) is 12.0 Å². The van der Waals surface area contributed by atoms with E-state index in [0.717, 1.165) is 24.0 Å². The number of aryl methyl sites for hydroxylation is 1. The lowest BCUT2D eigenvalue weighted by Gasteiger charge is -2.14. The summed E-state index contributed by atoms with van der Waals surface area (Å²) in [6, 6.07) is 20.9. The van der Waals surface area contributed by atoms with Gasteiger partial charge in [0.15, 0.2) is 0 Å². The highest BCUT2D eigenvalue weighted by Crippen LogP contribution is 2.25. The molecule has 1 atom stereocenters. The summed E-state index contributed by atoms with van der Waals surface area (Å²) < 4.78 is 29.3. The molecule has 0 fully saturated rings. The van der Waals surface area contributed by atoms with Crippen LogP contribution >= 0.6 is 0 Å². The molecule has 0 aromatic heterocycles. The summed E-state index contributed by atoms with van der Waals surface area (Å²) in [5.74, 6) is -0.934. The van der Waals surface area contributed by atoms with Crippen molar-refractivity contribution in [2.45, 2.75) is 39.0 Å². The summed E-state index contributed by atoms with van der Waals surface area (Å²) in [5, 5.41) is 0. The van der Waals surface area contributed by atoms with Gasteiger partial charge < -0.3 is 0 Å². The van der Waals surface area contributed by atoms with Crippen molar-refractivity contribution < 1.29 is 8.78 Å². The molecule has 0 amide bonds. The highest BCUT2D eigenvalue weighted by atomic mass is 19.1. The predicted molar refractivity (Wildman–Crippen MR) is 123 cm³/mol. The third-order valence-electron chi connectivity index (χ3n) is 5.33. The summed E-state index contributed by atoms with van der Waals surface area (Å²) >= 11 is 0. The zero-order valence-electron chi connectivity index (χ0n) is 17.6. The van der Waals surface area contributed by atoms with Gasteiger partial charge in [-0.15, -0.1) is 0 Å². The molecule has 0 saturated heterocycles. The van der Waals surface area contributed by atoms with E-state index in [1.54, 1.807) is 6.08 Å². The molecule has 0 radical (unpaired) electrons. The number of rotatable bonds is 8. The second-order valence-corrected chi connectivity index (χ2v) is 7.66. The van der Waals surface area contributed by atoms with E-state index in [-0.39, 0.29) is 11.5 Å². The highest BCUT2D eigenvalue weighted by molar-refractivity contribution is 5.69. The lowest BCUT2D eigenvalue weighted by atomic mass is 9.92. The maximum Gasteiger partial charge on any atom is 0.129 e. The van der Waals surface area contributed by atoms with Crippen molar-refractivity contribution in [3.63, 3.8) is 0 Å². The van der Waals surface area contributed by atoms with Crippen LogP contribution < -0.4 is 0 Å². The van der Waals surface area contributed by atoms with E-state index in [9.17, 15) is 8.78 Å². The van der Waals surface area contributed by atoms with Gasteiger partial charge in [0.1, 0.15) is 11.6 Å². The van der Waals surface area contributed by atoms with Gasteiger partial charge in [0.05, 0.1) is 0 Å². The lowest BCUT2D eigenvalue weighted by molar-refractivity contribution is 0.543. The summed E-state index contributed by atoms with van der Waals surface area (Å²) in [6.45, 7) is 4.01. The quantitative estimate of drug-likeness (QED) is 0.264. The molecule has 3 rings (SSSR count). The standard InChI is InChI=1S/C28H28F2/c1-3-4-6-9-22-12-14-23(15-13-22)16-17-24-19-27(29)26(28(30)20-24)18-21(2)25-10-7-5-8-11-25/h3-5,7-8,10-17,19-21H,6,9,18H2,1-2H3/t21-/m1/s1. The first-order chi connectivity index (χ1) is 14.6. The van der Waals surface area contributed by atoms with Crippen LogP contribution in [0.4, 0.5) is 8.78 Å². The van der Waals surface area contributed by atoms with Crippen molar-refractivity contribution in [1.29, 1.82) is 0 Å². The van der Waals surface area contributed by atoms with Crippen LogP contribution in [-0.4, -0.2) is 0 Å². The number of allylic oxidation sites excluding steroid dienone is 2. The van der Waals surface area contributed by atoms with Gasteiger partial charge in [-0.25, -0.2) is 8.78 Å². The van der Waals surface area contributed by atoms with Crippen molar-refractivity contribution >= 4 is 12.2 Å². The van der Waals surface area contributed by atoms with Gasteiger partial charge in [-0.2, -0.15) is 0 Å². The average Bonchev–Trinajstić information content (AvgIpc) is 2.76. The Kier molecular flexibility index (Phi) is 7.73. The van der Waals surface area contributed by atoms with Crippen molar-refractivity contribution in [2.24, 2.45) is 0 Å². The molecule has 30 heavy (non-hydrogen) atoms. The Labute approximate surface area is 178 Å². The third-order valence-corrected chi connectivity index (χ3v) is 5.33. The molecular weight excluding hydrogens is 374 g/mol. The van der Waals surface area contributed by atoms with Gasteiger partial charge in [-0.1, -0.05) is 85.8 Å². The fraction of sp³-hybridized carbons (Fsp3) is 0.214. The largest absolute Gasteiger partial charge is 0.207 e. The SMILES string of the molecule is CC=CCCc1ccc(C=Cc2cc(F)c(C[C@@H](C)c3ccccc3)c(F)c2)cc1. The molecule has 0 nitrogen and oxygen atoms in total. The Morgan fingerprint density at radius 2 is 1.47 bits per heavy atom. The van der Waals surface area contributed by atoms with Gasteiger partial charge in [0, 0.05) is 5.56 Å². The van der Waals surface area contributed by atoms with Gasteiger partial charge >= 0.3 is 0 Å². The lowest BCUT2D eigenvalue weighted by Crippen LogP contribution is -2.04. The van der Waals surface area contributed by atoms with E-state index in [1.807, 2.05) is 62.4 Å². The Hall–Kier alpha value is -3.00. The normalized spacial score (nSPS) is 12.7. The first-order valence-electron chi connectivity index (χ1n) is 10.5. The summed E-state index contributed by atoms with van der Waals surface area (Å²) in [4.78, 5) is 0. The summed E-state index contributed by atoms with van der Waals surface area (Å²) in [7, 11) is 0. The zero-order chi connectivity index (χ0) is 21.3. The maximum atomic E-state index is 14.6. The zero-order valence-corrected chi connectivity index (χ0v) is 17.6. The number of hydrogen-bond donors (Lipinski definition) is 0. The molecule has 3 aromatic carbocycles. The fourth-order valence-electron chi connectivity index (χ4n) is 3.52. The second-order valence-electron chi connectivity index (χ2n) is 7.66. The summed E-state index contributed by atoms with van der Waals surface area (Å²) in [5.41, 5.74) is 4.04. The van der Waals surface area contributed by atoms with E-state index >= 15 is 0 Å². The number of benzene rings is 3. The fourth-order valence-corrected chi connectivity index (χ4v) is 3.52. The molecule has 0 bridgehead atoms. The first kappa shape index (κ1) is 21.7. The van der Waals surface area contributed by atoms with Crippen LogP contribution in [0.5, 0.6) is 0 Å². The van der Waals surface area contributed by atoms with Gasteiger partial charge in [0.25, 0.3) is 0 Å². The topological polar surface area (TPSA) is 0 Å². The highest BCUT2D eigenvalue weighted by Gasteiger charge is 2.15. The van der Waals surface area contributed by atoms with Crippen LogP contribution in [-0.2, 0) is 12.8 Å². The van der Waals surface area contributed by atoms with Crippen molar-refractivity contribution in [3.05, 3.63) is 118 Å². The molecule has 0 saturated carbocycles. The molecule has 2 heteroatoms. The molecular formula is C28H28F2. The van der Waals surface area contributed by atoms with Crippen LogP contribution in [0.3, 0.4) is 0 Å². The molecule has 0 aliphatic carbocycles. The Morgan fingerprint density at radius 1 is 0.833 bits per heavy atom. The van der Waals surface area contributed by atoms with E-state index in [2.05, 4.69) is 24.3 Å². The molecule has 0 heterocycles. The third kappa shape index (κ3) is 6.00. The minimum Gasteiger partial charge on any atom is -0.207 e. The van der Waals surface area contributed by atoms with Crippen LogP contribution in [0.2, 0.25) is 0 Å². The molecule has 0 unspecified atom stereocenters. The van der Waals surface area contributed by atoms with Crippen molar-refractivity contribution in [2.75, 3.05) is 0 Å². The molecule has 0 aliphatic heterocycles. The van der Waals surface area contributed by atoms with Crippen LogP contribution in [0.25, 0.3) is 12.2 Å². The van der Waals surface area contributed by atoms with E-state index < -0.39 is 11.6 Å². The molecule has 3 aromatic rings. The summed E-state index contributed by atoms with van der Waals surface area (Å²) in [6.07, 6.45) is 10.2. The number of halogens is 2. The average molecular weight is 403 g/mol. The second kappa shape index (κ2) is 10.7. The molecule has 154 valence electrons. The van der Waals surface area contributed by atoms with Gasteiger partial charge in [-0.05, 0) is 66.5 Å². The van der Waals surface area contributed by atoms with E-state index in [4.69, 9.17) is 0 Å². The molecule has 0 spiro atoms. The Bertz CT molecular complexity index is 976. The van der Waals surface area contributed by atoms with Crippen LogP contribution in [0, 0.1) is 11.6 Å². The van der Waals surface area contributed by atoms with Crippen LogP contribution in [0.1, 0.15) is 54.0 Å². The molecule has 0 N–H and O–H groups in total. The maximum absolute atomic E-state index is 14.6. The van der Waals surface area contributed by atoms with Crippen molar-refractivity contribution in [1.82, 2.24) is 0 Å². The monoisotopic (exact) mass is 402 g/mol. The minimum absolute atomic E-state index is 0.0444. The Balaban J connectivity index is 1.69. The minimum atomic E-state index is -0.489. The van der Waals surface area contributed by atoms with Gasteiger partial charge in [0.2, 0.25) is 0 Å². The smallest absolute Gasteiger partial charge is 0.129 e. The molecule has 0 aliphatic rings. The van der Waals surface area contributed by atoms with Crippen molar-refractivity contribution in [3.8, 4) is 0 Å². The first-order valence-corrected chi connectivity index (χ1v) is 10.5. The van der Waals surface area contributed by atoms with Crippen LogP contribution in [0.15, 0.2) is 78.9 Å². The predicted octanol–water partition coefficient (Wildman–Crippen LogP) is 7.99.